The second kappa shape index (κ2) is 8.33. The molecule has 0 aliphatic carbocycles. The number of aliphatic hydroxyl groups excluding tert-OH is 1. The molecular weight excluding hydrogens is 306 g/mol. The third kappa shape index (κ3) is 6.73. The van der Waals surface area contributed by atoms with E-state index in [4.69, 9.17) is 5.11 Å². The van der Waals surface area contributed by atoms with Gasteiger partial charge in [-0.2, -0.15) is 0 Å². The number of hydrogen-bond donors (Lipinski definition) is 2. The normalized spacial score (nSPS) is 13.9. The number of carbonyl (C=O) groups excluding carboxylic acids is 1. The Bertz CT molecular complexity index is 390. The quantitative estimate of drug-likeness (QED) is 0.755. The molecule has 1 amide bonds. The summed E-state index contributed by atoms with van der Waals surface area (Å²) < 4.78 is 1.05. The number of aliphatic hydroxyl groups is 1. The van der Waals surface area contributed by atoms with Crippen molar-refractivity contribution < 1.29 is 9.90 Å². The zero-order chi connectivity index (χ0) is 14.3. The first kappa shape index (κ1) is 16.2. The minimum atomic E-state index is -0.293. The van der Waals surface area contributed by atoms with Gasteiger partial charge in [-0.25, -0.2) is 0 Å². The van der Waals surface area contributed by atoms with Crippen molar-refractivity contribution in [2.24, 2.45) is 0 Å². The van der Waals surface area contributed by atoms with Gasteiger partial charge in [-0.05, 0) is 43.4 Å². The predicted octanol–water partition coefficient (Wildman–Crippen LogP) is 3.22. The van der Waals surface area contributed by atoms with Crippen molar-refractivity contribution in [3.63, 3.8) is 0 Å². The Balaban J connectivity index is 2.29. The van der Waals surface area contributed by atoms with Crippen LogP contribution in [0.3, 0.4) is 0 Å². The molecule has 0 saturated carbocycles. The van der Waals surface area contributed by atoms with Crippen molar-refractivity contribution in [2.75, 3.05) is 6.54 Å². The molecule has 2 atom stereocenters. The number of carbonyl (C=O) groups is 1. The Kier molecular flexibility index (Phi) is 7.10. The average Bonchev–Trinajstić information content (AvgIpc) is 2.35. The van der Waals surface area contributed by atoms with Crippen LogP contribution in [-0.2, 0) is 4.79 Å². The maximum atomic E-state index is 11.8. The van der Waals surface area contributed by atoms with Gasteiger partial charge in [-0.15, -0.1) is 0 Å². The van der Waals surface area contributed by atoms with Crippen molar-refractivity contribution in [1.82, 2.24) is 5.32 Å². The van der Waals surface area contributed by atoms with E-state index in [2.05, 4.69) is 28.2 Å². The number of benzene rings is 1. The molecule has 19 heavy (non-hydrogen) atoms. The van der Waals surface area contributed by atoms with Crippen LogP contribution in [0, 0.1) is 0 Å². The van der Waals surface area contributed by atoms with E-state index in [0.717, 1.165) is 17.3 Å². The highest BCUT2D eigenvalue weighted by Crippen LogP contribution is 2.21. The highest BCUT2D eigenvalue weighted by molar-refractivity contribution is 9.10. The molecule has 0 spiro atoms. The standard InChI is InChI=1S/C15H22BrNO2/c1-11(13-5-7-14(16)8-6-13)10-15(19)17-9-3-4-12(2)18/h5-8,11-12,18H,3-4,9-10H2,1-2H3,(H,17,19). The molecular formula is C15H22BrNO2. The van der Waals surface area contributed by atoms with Crippen LogP contribution in [0.15, 0.2) is 28.7 Å². The molecule has 0 aromatic heterocycles. The summed E-state index contributed by atoms with van der Waals surface area (Å²) in [5.74, 6) is 0.283. The summed E-state index contributed by atoms with van der Waals surface area (Å²) in [6.45, 7) is 4.45. The van der Waals surface area contributed by atoms with Crippen LogP contribution in [0.1, 0.15) is 44.6 Å². The summed E-state index contributed by atoms with van der Waals surface area (Å²) in [7, 11) is 0. The predicted molar refractivity (Wildman–Crippen MR) is 81.1 cm³/mol. The molecule has 1 aromatic carbocycles. The number of halogens is 1. The molecule has 0 saturated heterocycles. The smallest absolute Gasteiger partial charge is 0.220 e. The summed E-state index contributed by atoms with van der Waals surface area (Å²) in [4.78, 5) is 11.8. The molecule has 0 bridgehead atoms. The third-order valence-electron chi connectivity index (χ3n) is 3.05. The van der Waals surface area contributed by atoms with E-state index in [-0.39, 0.29) is 17.9 Å². The van der Waals surface area contributed by atoms with Gasteiger partial charge >= 0.3 is 0 Å². The Morgan fingerprint density at radius 2 is 1.95 bits per heavy atom. The summed E-state index contributed by atoms with van der Waals surface area (Å²) >= 11 is 3.40. The molecule has 0 fully saturated rings. The van der Waals surface area contributed by atoms with Crippen molar-refractivity contribution in [1.29, 1.82) is 0 Å². The first-order valence-corrected chi connectivity index (χ1v) is 7.48. The minimum Gasteiger partial charge on any atom is -0.393 e. The topological polar surface area (TPSA) is 49.3 Å². The molecule has 0 aliphatic heterocycles. The van der Waals surface area contributed by atoms with Gasteiger partial charge in [0.25, 0.3) is 0 Å². The van der Waals surface area contributed by atoms with Gasteiger partial charge in [0.05, 0.1) is 6.10 Å². The number of nitrogens with one attached hydrogen (secondary N) is 1. The van der Waals surface area contributed by atoms with E-state index in [1.807, 2.05) is 24.3 Å². The van der Waals surface area contributed by atoms with Crippen LogP contribution >= 0.6 is 15.9 Å². The lowest BCUT2D eigenvalue weighted by Gasteiger charge is -2.12. The lowest BCUT2D eigenvalue weighted by molar-refractivity contribution is -0.121. The highest BCUT2D eigenvalue weighted by atomic mass is 79.9. The van der Waals surface area contributed by atoms with Gasteiger partial charge in [-0.1, -0.05) is 35.0 Å². The Morgan fingerprint density at radius 1 is 1.32 bits per heavy atom. The van der Waals surface area contributed by atoms with Crippen LogP contribution in [0.25, 0.3) is 0 Å². The maximum absolute atomic E-state index is 11.8. The molecule has 3 nitrogen and oxygen atoms in total. The van der Waals surface area contributed by atoms with E-state index in [1.165, 1.54) is 5.56 Å². The molecule has 1 rings (SSSR count). The summed E-state index contributed by atoms with van der Waals surface area (Å²) in [5.41, 5.74) is 1.17. The molecule has 4 heteroatoms. The Hall–Kier alpha value is -0.870. The first-order valence-electron chi connectivity index (χ1n) is 6.69. The summed E-state index contributed by atoms with van der Waals surface area (Å²) in [6.07, 6.45) is 1.74. The van der Waals surface area contributed by atoms with Crippen molar-refractivity contribution in [2.45, 2.75) is 45.1 Å². The van der Waals surface area contributed by atoms with Gasteiger partial charge in [0, 0.05) is 17.4 Å². The van der Waals surface area contributed by atoms with Crippen LogP contribution < -0.4 is 5.32 Å². The fraction of sp³-hybridized carbons (Fsp3) is 0.533. The third-order valence-corrected chi connectivity index (χ3v) is 3.58. The van der Waals surface area contributed by atoms with Crippen LogP contribution in [0.2, 0.25) is 0 Å². The van der Waals surface area contributed by atoms with Gasteiger partial charge in [0.1, 0.15) is 0 Å². The van der Waals surface area contributed by atoms with E-state index in [0.29, 0.717) is 13.0 Å². The summed E-state index contributed by atoms with van der Waals surface area (Å²) in [6, 6.07) is 8.06. The highest BCUT2D eigenvalue weighted by Gasteiger charge is 2.10. The van der Waals surface area contributed by atoms with Crippen molar-refractivity contribution in [3.05, 3.63) is 34.3 Å². The molecule has 2 N–H and O–H groups in total. The number of rotatable bonds is 7. The lowest BCUT2D eigenvalue weighted by Crippen LogP contribution is -2.26. The van der Waals surface area contributed by atoms with Crippen molar-refractivity contribution in [3.8, 4) is 0 Å². The fourth-order valence-corrected chi connectivity index (χ4v) is 2.15. The Morgan fingerprint density at radius 3 is 2.53 bits per heavy atom. The Labute approximate surface area is 123 Å². The zero-order valence-corrected chi connectivity index (χ0v) is 13.1. The van der Waals surface area contributed by atoms with E-state index in [1.54, 1.807) is 6.92 Å². The number of hydrogen-bond acceptors (Lipinski definition) is 2. The first-order chi connectivity index (χ1) is 8.99. The minimum absolute atomic E-state index is 0.0704. The van der Waals surface area contributed by atoms with E-state index >= 15 is 0 Å². The molecule has 1 aromatic rings. The number of amides is 1. The molecule has 2 unspecified atom stereocenters. The van der Waals surface area contributed by atoms with Crippen LogP contribution in [-0.4, -0.2) is 23.7 Å². The van der Waals surface area contributed by atoms with Gasteiger partial charge in [0.2, 0.25) is 5.91 Å². The molecule has 106 valence electrons. The van der Waals surface area contributed by atoms with Crippen molar-refractivity contribution >= 4 is 21.8 Å². The fourth-order valence-electron chi connectivity index (χ4n) is 1.88. The second-order valence-corrected chi connectivity index (χ2v) is 5.91. The SMILES string of the molecule is CC(O)CCCNC(=O)CC(C)c1ccc(Br)cc1. The molecule has 0 heterocycles. The monoisotopic (exact) mass is 327 g/mol. The van der Waals surface area contributed by atoms with Crippen LogP contribution in [0.4, 0.5) is 0 Å². The van der Waals surface area contributed by atoms with E-state index in [9.17, 15) is 4.79 Å². The van der Waals surface area contributed by atoms with Gasteiger partial charge in [-0.3, -0.25) is 4.79 Å². The largest absolute Gasteiger partial charge is 0.393 e. The maximum Gasteiger partial charge on any atom is 0.220 e. The second-order valence-electron chi connectivity index (χ2n) is 5.00. The van der Waals surface area contributed by atoms with Crippen LogP contribution in [0.5, 0.6) is 0 Å². The summed E-state index contributed by atoms with van der Waals surface area (Å²) in [5, 5.41) is 12.0. The molecule has 0 aliphatic rings. The van der Waals surface area contributed by atoms with Gasteiger partial charge in [0.15, 0.2) is 0 Å². The zero-order valence-electron chi connectivity index (χ0n) is 11.5. The van der Waals surface area contributed by atoms with E-state index < -0.39 is 0 Å². The van der Waals surface area contributed by atoms with Gasteiger partial charge < -0.3 is 10.4 Å². The molecule has 0 radical (unpaired) electrons. The lowest BCUT2D eigenvalue weighted by atomic mass is 9.97. The average molecular weight is 328 g/mol.